The predicted octanol–water partition coefficient (Wildman–Crippen LogP) is 2.56. The summed E-state index contributed by atoms with van der Waals surface area (Å²) < 4.78 is 10.7. The molecule has 0 bridgehead atoms. The molecule has 0 aliphatic heterocycles. The van der Waals surface area contributed by atoms with Crippen molar-refractivity contribution in [2.24, 2.45) is 0 Å². The number of nitrogens with zero attached hydrogens (tertiary/aromatic N) is 1. The van der Waals surface area contributed by atoms with Crippen LogP contribution in [0.2, 0.25) is 0 Å². The van der Waals surface area contributed by atoms with Gasteiger partial charge in [0.15, 0.2) is 18.1 Å². The molecule has 16 heavy (non-hydrogen) atoms. The molecule has 1 aromatic rings. The van der Waals surface area contributed by atoms with Crippen molar-refractivity contribution in [2.45, 2.75) is 12.8 Å². The second kappa shape index (κ2) is 4.71. The van der Waals surface area contributed by atoms with E-state index < -0.39 is 0 Å². The fourth-order valence-corrected chi connectivity index (χ4v) is 1.90. The minimum atomic E-state index is 0.0521. The summed E-state index contributed by atoms with van der Waals surface area (Å²) in [7, 11) is 1.61. The standard InChI is InChI=1S/C13H13NO2/c1-15-12-7-6-10-4-2-3-5-11(10)13(12)16-9-8-14/h2,4,6-7H,3,5,9H2,1H3. The van der Waals surface area contributed by atoms with E-state index in [1.165, 1.54) is 0 Å². The number of rotatable bonds is 3. The first-order valence-corrected chi connectivity index (χ1v) is 5.23. The first-order valence-electron chi connectivity index (χ1n) is 5.23. The number of allylic oxidation sites excluding steroid dienone is 1. The number of hydrogen-bond acceptors (Lipinski definition) is 3. The van der Waals surface area contributed by atoms with E-state index in [0.717, 1.165) is 24.0 Å². The zero-order valence-corrected chi connectivity index (χ0v) is 9.19. The van der Waals surface area contributed by atoms with E-state index in [-0.39, 0.29) is 6.61 Å². The Labute approximate surface area is 94.9 Å². The van der Waals surface area contributed by atoms with E-state index in [1.54, 1.807) is 7.11 Å². The average Bonchev–Trinajstić information content (AvgIpc) is 2.35. The molecular formula is C13H13NO2. The van der Waals surface area contributed by atoms with Gasteiger partial charge in [-0.1, -0.05) is 18.2 Å². The van der Waals surface area contributed by atoms with Crippen LogP contribution in [0.3, 0.4) is 0 Å². The first kappa shape index (κ1) is 10.6. The zero-order valence-electron chi connectivity index (χ0n) is 9.19. The maximum absolute atomic E-state index is 8.57. The highest BCUT2D eigenvalue weighted by molar-refractivity contribution is 5.64. The Morgan fingerprint density at radius 2 is 2.31 bits per heavy atom. The van der Waals surface area contributed by atoms with Crippen molar-refractivity contribution in [1.29, 1.82) is 5.26 Å². The molecule has 1 aromatic carbocycles. The lowest BCUT2D eigenvalue weighted by molar-refractivity contribution is 0.326. The van der Waals surface area contributed by atoms with E-state index in [4.69, 9.17) is 14.7 Å². The quantitative estimate of drug-likeness (QED) is 0.778. The Hall–Kier alpha value is -1.95. The zero-order chi connectivity index (χ0) is 11.4. The van der Waals surface area contributed by atoms with Crippen LogP contribution < -0.4 is 9.47 Å². The van der Waals surface area contributed by atoms with Crippen molar-refractivity contribution < 1.29 is 9.47 Å². The van der Waals surface area contributed by atoms with Crippen molar-refractivity contribution in [1.82, 2.24) is 0 Å². The van der Waals surface area contributed by atoms with Gasteiger partial charge in [0, 0.05) is 5.56 Å². The Morgan fingerprint density at radius 1 is 1.44 bits per heavy atom. The second-order valence-electron chi connectivity index (χ2n) is 3.55. The van der Waals surface area contributed by atoms with Crippen LogP contribution in [0.4, 0.5) is 0 Å². The summed E-state index contributed by atoms with van der Waals surface area (Å²) in [4.78, 5) is 0. The Morgan fingerprint density at radius 3 is 3.06 bits per heavy atom. The fraction of sp³-hybridized carbons (Fsp3) is 0.308. The van der Waals surface area contributed by atoms with Crippen molar-refractivity contribution in [3.8, 4) is 17.6 Å². The summed E-state index contributed by atoms with van der Waals surface area (Å²) in [6, 6.07) is 5.87. The second-order valence-corrected chi connectivity index (χ2v) is 3.55. The van der Waals surface area contributed by atoms with Gasteiger partial charge in [0.1, 0.15) is 6.07 Å². The molecule has 0 saturated heterocycles. The molecule has 0 atom stereocenters. The number of hydrogen-bond donors (Lipinski definition) is 0. The maximum atomic E-state index is 8.57. The summed E-state index contributed by atoms with van der Waals surface area (Å²) in [5.74, 6) is 1.41. The minimum absolute atomic E-state index is 0.0521. The summed E-state index contributed by atoms with van der Waals surface area (Å²) in [6.45, 7) is 0.0521. The Balaban J connectivity index is 2.44. The van der Waals surface area contributed by atoms with Gasteiger partial charge in [0.05, 0.1) is 7.11 Å². The third-order valence-electron chi connectivity index (χ3n) is 2.62. The molecule has 0 saturated carbocycles. The summed E-state index contributed by atoms with van der Waals surface area (Å²) >= 11 is 0. The van der Waals surface area contributed by atoms with E-state index in [2.05, 4.69) is 12.2 Å². The van der Waals surface area contributed by atoms with Gasteiger partial charge in [-0.15, -0.1) is 0 Å². The van der Waals surface area contributed by atoms with Crippen LogP contribution in [0.1, 0.15) is 17.5 Å². The highest BCUT2D eigenvalue weighted by Gasteiger charge is 2.15. The molecule has 82 valence electrons. The molecule has 0 amide bonds. The molecule has 1 aliphatic carbocycles. The topological polar surface area (TPSA) is 42.2 Å². The average molecular weight is 215 g/mol. The van der Waals surface area contributed by atoms with Crippen LogP contribution >= 0.6 is 0 Å². The van der Waals surface area contributed by atoms with Crippen molar-refractivity contribution in [2.75, 3.05) is 13.7 Å². The molecule has 3 heteroatoms. The lowest BCUT2D eigenvalue weighted by Crippen LogP contribution is -2.04. The normalized spacial score (nSPS) is 12.8. The molecule has 0 fully saturated rings. The van der Waals surface area contributed by atoms with Gasteiger partial charge in [-0.3, -0.25) is 0 Å². The lowest BCUT2D eigenvalue weighted by atomic mass is 9.96. The molecule has 0 radical (unpaired) electrons. The Bertz CT molecular complexity index is 458. The monoisotopic (exact) mass is 215 g/mol. The molecule has 0 unspecified atom stereocenters. The van der Waals surface area contributed by atoms with Gasteiger partial charge in [-0.25, -0.2) is 0 Å². The largest absolute Gasteiger partial charge is 0.493 e. The van der Waals surface area contributed by atoms with Crippen molar-refractivity contribution in [3.63, 3.8) is 0 Å². The Kier molecular flexibility index (Phi) is 3.11. The van der Waals surface area contributed by atoms with Gasteiger partial charge in [0.25, 0.3) is 0 Å². The van der Waals surface area contributed by atoms with Gasteiger partial charge < -0.3 is 9.47 Å². The maximum Gasteiger partial charge on any atom is 0.174 e. The summed E-state index contributed by atoms with van der Waals surface area (Å²) in [5, 5.41) is 8.57. The molecule has 0 aromatic heterocycles. The number of benzene rings is 1. The number of methoxy groups -OCH3 is 1. The van der Waals surface area contributed by atoms with Gasteiger partial charge in [0.2, 0.25) is 0 Å². The number of fused-ring (bicyclic) bond motifs is 1. The SMILES string of the molecule is COc1ccc2c(c1OCC#N)CCC=C2. The van der Waals surface area contributed by atoms with Crippen molar-refractivity contribution >= 4 is 6.08 Å². The van der Waals surface area contributed by atoms with E-state index in [0.29, 0.717) is 11.5 Å². The van der Waals surface area contributed by atoms with Crippen LogP contribution in [0, 0.1) is 11.3 Å². The van der Waals surface area contributed by atoms with Crippen LogP contribution in [0.5, 0.6) is 11.5 Å². The van der Waals surface area contributed by atoms with E-state index in [1.807, 2.05) is 18.2 Å². The number of nitriles is 1. The van der Waals surface area contributed by atoms with E-state index >= 15 is 0 Å². The van der Waals surface area contributed by atoms with Crippen LogP contribution in [0.15, 0.2) is 18.2 Å². The van der Waals surface area contributed by atoms with E-state index in [9.17, 15) is 0 Å². The van der Waals surface area contributed by atoms with Gasteiger partial charge in [-0.2, -0.15) is 5.26 Å². The smallest absolute Gasteiger partial charge is 0.174 e. The highest BCUT2D eigenvalue weighted by atomic mass is 16.5. The molecule has 1 aliphatic rings. The predicted molar refractivity (Wildman–Crippen MR) is 61.5 cm³/mol. The molecule has 0 N–H and O–H groups in total. The fourth-order valence-electron chi connectivity index (χ4n) is 1.90. The summed E-state index contributed by atoms with van der Waals surface area (Å²) in [6.07, 6.45) is 6.16. The van der Waals surface area contributed by atoms with Gasteiger partial charge >= 0.3 is 0 Å². The van der Waals surface area contributed by atoms with Crippen molar-refractivity contribution in [3.05, 3.63) is 29.3 Å². The van der Waals surface area contributed by atoms with Gasteiger partial charge in [-0.05, 0) is 24.5 Å². The molecule has 0 spiro atoms. The molecule has 3 nitrogen and oxygen atoms in total. The van der Waals surface area contributed by atoms with Crippen LogP contribution in [0.25, 0.3) is 6.08 Å². The highest BCUT2D eigenvalue weighted by Crippen LogP contribution is 2.36. The molecule has 2 rings (SSSR count). The lowest BCUT2D eigenvalue weighted by Gasteiger charge is -2.17. The molecule has 0 heterocycles. The third-order valence-corrected chi connectivity index (χ3v) is 2.62. The van der Waals surface area contributed by atoms with Crippen LogP contribution in [-0.2, 0) is 6.42 Å². The molecular weight excluding hydrogens is 202 g/mol. The third kappa shape index (κ3) is 1.87. The first-order chi connectivity index (χ1) is 7.86. The minimum Gasteiger partial charge on any atom is -0.493 e. The van der Waals surface area contributed by atoms with Crippen LogP contribution in [-0.4, -0.2) is 13.7 Å². The summed E-state index contributed by atoms with van der Waals surface area (Å²) in [5.41, 5.74) is 2.29. The number of ether oxygens (including phenoxy) is 2.